The van der Waals surface area contributed by atoms with Crippen LogP contribution in [0.1, 0.15) is 11.1 Å². The summed E-state index contributed by atoms with van der Waals surface area (Å²) in [5.41, 5.74) is 1.89. The zero-order valence-electron chi connectivity index (χ0n) is 9.37. The molecule has 1 aromatic carbocycles. The minimum atomic E-state index is -0.735. The molecule has 0 saturated carbocycles. The zero-order chi connectivity index (χ0) is 12.1. The van der Waals surface area contributed by atoms with E-state index in [1.807, 2.05) is 26.0 Å². The Balaban J connectivity index is 2.61. The van der Waals surface area contributed by atoms with E-state index < -0.39 is 6.10 Å². The number of aryl methyl sites for hydroxylation is 2. The van der Waals surface area contributed by atoms with Crippen LogP contribution in [0.3, 0.4) is 0 Å². The number of halogens is 1. The van der Waals surface area contributed by atoms with Crippen LogP contribution in [0.5, 0.6) is 5.75 Å². The van der Waals surface area contributed by atoms with Gasteiger partial charge in [-0.05, 0) is 37.1 Å². The van der Waals surface area contributed by atoms with E-state index in [9.17, 15) is 5.11 Å². The van der Waals surface area contributed by atoms with Gasteiger partial charge in [0.15, 0.2) is 0 Å². The molecule has 1 rings (SSSR count). The van der Waals surface area contributed by atoms with Crippen LogP contribution >= 0.6 is 11.6 Å². The number of nitrogens with two attached hydrogens (primary N) is 1. The first-order valence-electron chi connectivity index (χ1n) is 4.94. The average molecular weight is 246 g/mol. The summed E-state index contributed by atoms with van der Waals surface area (Å²) in [4.78, 5) is 4.31. The number of hydrogen-bond acceptors (Lipinski definition) is 4. The van der Waals surface area contributed by atoms with Crippen molar-refractivity contribution in [1.82, 2.24) is 0 Å². The normalized spacial score (nSPS) is 12.6. The number of aliphatic hydroxyl groups is 1. The second-order valence-electron chi connectivity index (χ2n) is 3.67. The van der Waals surface area contributed by atoms with E-state index >= 15 is 0 Å². The topological polar surface area (TPSA) is 64.7 Å². The molecule has 0 aliphatic heterocycles. The minimum Gasteiger partial charge on any atom is -0.491 e. The van der Waals surface area contributed by atoms with Gasteiger partial charge in [0.1, 0.15) is 18.5 Å². The molecule has 1 aromatic rings. The monoisotopic (exact) mass is 245 g/mol. The number of benzene rings is 1. The van der Waals surface area contributed by atoms with E-state index in [1.54, 1.807) is 0 Å². The molecule has 0 spiro atoms. The molecule has 0 aromatic heterocycles. The molecule has 0 radical (unpaired) electrons. The second-order valence-corrected chi connectivity index (χ2v) is 4.05. The zero-order valence-corrected chi connectivity index (χ0v) is 10.1. The van der Waals surface area contributed by atoms with Crippen molar-refractivity contribution in [3.63, 3.8) is 0 Å². The predicted octanol–water partition coefficient (Wildman–Crippen LogP) is 1.59. The van der Waals surface area contributed by atoms with E-state index in [-0.39, 0.29) is 13.2 Å². The van der Waals surface area contributed by atoms with E-state index in [0.717, 1.165) is 16.1 Å². The van der Waals surface area contributed by atoms with Gasteiger partial charge in [0.2, 0.25) is 0 Å². The molecule has 1 atom stereocenters. The van der Waals surface area contributed by atoms with Gasteiger partial charge in [-0.2, -0.15) is 0 Å². The Bertz CT molecular complexity index is 334. The van der Waals surface area contributed by atoms with Crippen LogP contribution in [-0.4, -0.2) is 24.4 Å². The maximum absolute atomic E-state index is 9.35. The van der Waals surface area contributed by atoms with Crippen molar-refractivity contribution in [1.29, 1.82) is 0 Å². The van der Waals surface area contributed by atoms with E-state index in [2.05, 4.69) is 4.84 Å². The Kier molecular flexibility index (Phi) is 5.02. The van der Waals surface area contributed by atoms with E-state index in [4.69, 9.17) is 22.2 Å². The quantitative estimate of drug-likeness (QED) is 0.774. The third-order valence-electron chi connectivity index (χ3n) is 2.14. The second kappa shape index (κ2) is 6.06. The van der Waals surface area contributed by atoms with Gasteiger partial charge in [0.25, 0.3) is 0 Å². The van der Waals surface area contributed by atoms with Crippen LogP contribution in [-0.2, 0) is 4.84 Å². The van der Waals surface area contributed by atoms with Gasteiger partial charge >= 0.3 is 0 Å². The van der Waals surface area contributed by atoms with Crippen LogP contribution in [0, 0.1) is 13.8 Å². The summed E-state index contributed by atoms with van der Waals surface area (Å²) < 4.78 is 5.39. The number of hydrogen-bond donors (Lipinski definition) is 2. The lowest BCUT2D eigenvalue weighted by Gasteiger charge is -2.13. The Labute approximate surface area is 99.9 Å². The molecule has 5 heteroatoms. The number of ether oxygens (including phenoxy) is 1. The van der Waals surface area contributed by atoms with Gasteiger partial charge in [-0.25, -0.2) is 5.90 Å². The summed E-state index contributed by atoms with van der Waals surface area (Å²) >= 11 is 6.02. The van der Waals surface area contributed by atoms with Gasteiger partial charge < -0.3 is 14.7 Å². The highest BCUT2D eigenvalue weighted by molar-refractivity contribution is 6.32. The summed E-state index contributed by atoms with van der Waals surface area (Å²) in [6.45, 7) is 3.99. The predicted molar refractivity (Wildman–Crippen MR) is 62.6 cm³/mol. The fourth-order valence-electron chi connectivity index (χ4n) is 1.34. The van der Waals surface area contributed by atoms with Crippen molar-refractivity contribution in [3.8, 4) is 5.75 Å². The van der Waals surface area contributed by atoms with Gasteiger partial charge in [0.05, 0.1) is 6.61 Å². The van der Waals surface area contributed by atoms with Crippen LogP contribution in [0.2, 0.25) is 5.02 Å². The van der Waals surface area contributed by atoms with Crippen LogP contribution in [0.4, 0.5) is 0 Å². The molecular formula is C11H16ClNO3. The third-order valence-corrected chi connectivity index (χ3v) is 2.74. The van der Waals surface area contributed by atoms with Gasteiger partial charge in [-0.1, -0.05) is 11.6 Å². The maximum Gasteiger partial charge on any atom is 0.120 e. The van der Waals surface area contributed by atoms with Gasteiger partial charge in [-0.15, -0.1) is 0 Å². The molecule has 0 aliphatic rings. The first-order chi connectivity index (χ1) is 7.54. The van der Waals surface area contributed by atoms with Gasteiger partial charge in [0, 0.05) is 5.02 Å². The van der Waals surface area contributed by atoms with E-state index in [1.165, 1.54) is 0 Å². The standard InChI is InChI=1S/C11H16ClNO3/c1-7-3-10(4-8(2)11(7)12)15-5-9(14)6-16-13/h3-4,9,14H,5-6,13H2,1-2H3. The summed E-state index contributed by atoms with van der Waals surface area (Å²) in [5.74, 6) is 5.51. The first-order valence-corrected chi connectivity index (χ1v) is 5.31. The van der Waals surface area contributed by atoms with E-state index in [0.29, 0.717) is 5.75 Å². The number of rotatable bonds is 5. The molecule has 0 saturated heterocycles. The van der Waals surface area contributed by atoms with Gasteiger partial charge in [-0.3, -0.25) is 0 Å². The lowest BCUT2D eigenvalue weighted by atomic mass is 10.1. The Hall–Kier alpha value is -0.810. The SMILES string of the molecule is Cc1cc(OCC(O)CON)cc(C)c1Cl. The highest BCUT2D eigenvalue weighted by Gasteiger charge is 2.07. The molecule has 0 fully saturated rings. The highest BCUT2D eigenvalue weighted by Crippen LogP contribution is 2.25. The number of aliphatic hydroxyl groups excluding tert-OH is 1. The molecule has 4 nitrogen and oxygen atoms in total. The summed E-state index contributed by atoms with van der Waals surface area (Å²) in [5, 5.41) is 10.1. The lowest BCUT2D eigenvalue weighted by Crippen LogP contribution is -2.25. The van der Waals surface area contributed by atoms with Crippen molar-refractivity contribution < 1.29 is 14.7 Å². The Morgan fingerprint density at radius 1 is 1.31 bits per heavy atom. The fraction of sp³-hybridized carbons (Fsp3) is 0.455. The van der Waals surface area contributed by atoms with Crippen LogP contribution < -0.4 is 10.6 Å². The molecule has 1 unspecified atom stereocenters. The van der Waals surface area contributed by atoms with Crippen molar-refractivity contribution in [3.05, 3.63) is 28.3 Å². The summed E-state index contributed by atoms with van der Waals surface area (Å²) in [6, 6.07) is 3.65. The largest absolute Gasteiger partial charge is 0.491 e. The third kappa shape index (κ3) is 3.64. The molecule has 0 amide bonds. The van der Waals surface area contributed by atoms with Crippen molar-refractivity contribution >= 4 is 11.6 Å². The fourth-order valence-corrected chi connectivity index (χ4v) is 1.45. The minimum absolute atomic E-state index is 0.0472. The average Bonchev–Trinajstić information content (AvgIpc) is 2.23. The van der Waals surface area contributed by atoms with Crippen molar-refractivity contribution in [2.45, 2.75) is 20.0 Å². The smallest absolute Gasteiger partial charge is 0.120 e. The summed E-state index contributed by atoms with van der Waals surface area (Å²) in [6.07, 6.45) is -0.735. The molecule has 3 N–H and O–H groups in total. The van der Waals surface area contributed by atoms with Crippen molar-refractivity contribution in [2.24, 2.45) is 5.90 Å². The molecule has 16 heavy (non-hydrogen) atoms. The Morgan fingerprint density at radius 2 is 1.88 bits per heavy atom. The van der Waals surface area contributed by atoms with Crippen molar-refractivity contribution in [2.75, 3.05) is 13.2 Å². The molecule has 0 aliphatic carbocycles. The molecule has 90 valence electrons. The molecular weight excluding hydrogens is 230 g/mol. The highest BCUT2D eigenvalue weighted by atomic mass is 35.5. The van der Waals surface area contributed by atoms with Crippen LogP contribution in [0.15, 0.2) is 12.1 Å². The first kappa shape index (κ1) is 13.3. The molecule has 0 heterocycles. The summed E-state index contributed by atoms with van der Waals surface area (Å²) in [7, 11) is 0. The Morgan fingerprint density at radius 3 is 2.38 bits per heavy atom. The van der Waals surface area contributed by atoms with Crippen LogP contribution in [0.25, 0.3) is 0 Å². The lowest BCUT2D eigenvalue weighted by molar-refractivity contribution is 0.0116. The maximum atomic E-state index is 9.35. The molecule has 0 bridgehead atoms.